The number of hydrogen-bond acceptors (Lipinski definition) is 12. The fraction of sp³-hybridized carbons (Fsp3) is 0.795. The van der Waals surface area contributed by atoms with E-state index in [0.717, 1.165) is 5.56 Å². The van der Waals surface area contributed by atoms with Crippen LogP contribution in [0.3, 0.4) is 0 Å². The summed E-state index contributed by atoms with van der Waals surface area (Å²) in [6, 6.07) is 8.95. The third kappa shape index (κ3) is 11.4. The van der Waals surface area contributed by atoms with E-state index in [2.05, 4.69) is 0 Å². The maximum atomic E-state index is 14.1. The molecule has 1 aromatic rings. The Hall–Kier alpha value is -2.16. The standard InChI is InChI=1S/C39H65NO11/c1-12-30-39(9,45)35(50-31(41)23-47-22-29-16-14-13-15-17-29)27(5)40(10)21-24(2)18-37(7,44)19-25(3)33(26(4)36(43)49-30)51-32-20-38(8,46-11)34(42)28(6)48-32/h13-17,24-28,30,32-35,42,44-45H,12,18-23H2,1-11H3/t24?,25?,26?,27?,28-,30?,32-,33?,34-,35?,37?,38+,39?/m0/s1. The summed E-state index contributed by atoms with van der Waals surface area (Å²) < 4.78 is 36.1. The first-order valence-electron chi connectivity index (χ1n) is 18.4. The number of benzene rings is 1. The molecule has 1 aromatic carbocycles. The van der Waals surface area contributed by atoms with Crippen LogP contribution >= 0.6 is 0 Å². The number of carbonyl (C=O) groups is 2. The lowest BCUT2D eigenvalue weighted by Gasteiger charge is -2.46. The molecule has 2 saturated heterocycles. The molecule has 3 N–H and O–H groups in total. The van der Waals surface area contributed by atoms with Crippen molar-refractivity contribution in [3.63, 3.8) is 0 Å². The summed E-state index contributed by atoms with van der Waals surface area (Å²) in [6.45, 7) is 16.6. The summed E-state index contributed by atoms with van der Waals surface area (Å²) in [5.41, 5.74) is -2.96. The van der Waals surface area contributed by atoms with Gasteiger partial charge in [0.2, 0.25) is 0 Å². The van der Waals surface area contributed by atoms with Gasteiger partial charge in [-0.2, -0.15) is 0 Å². The molecule has 292 valence electrons. The SMILES string of the molecule is CCC1OC(=O)C(C)C(O[C@H]2C[C@@](C)(OC)[C@@H](O)[C@H](C)O2)C(C)CC(C)(O)CC(C)CN(C)C(C)C(OC(=O)COCc2ccccc2)C1(C)O. The summed E-state index contributed by atoms with van der Waals surface area (Å²) >= 11 is 0. The molecule has 12 heteroatoms. The second-order valence-corrected chi connectivity index (χ2v) is 15.9. The summed E-state index contributed by atoms with van der Waals surface area (Å²) in [6.07, 6.45) is -4.01. The van der Waals surface area contributed by atoms with E-state index in [1.54, 1.807) is 34.6 Å². The molecule has 2 aliphatic heterocycles. The molecular weight excluding hydrogens is 658 g/mol. The van der Waals surface area contributed by atoms with Gasteiger partial charge in [0.15, 0.2) is 6.29 Å². The molecule has 2 fully saturated rings. The van der Waals surface area contributed by atoms with Crippen molar-refractivity contribution in [1.29, 1.82) is 0 Å². The minimum Gasteiger partial charge on any atom is -0.459 e. The highest BCUT2D eigenvalue weighted by Crippen LogP contribution is 2.38. The van der Waals surface area contributed by atoms with E-state index in [4.69, 9.17) is 28.4 Å². The quantitative estimate of drug-likeness (QED) is 0.313. The predicted octanol–water partition coefficient (Wildman–Crippen LogP) is 4.25. The normalized spacial score (nSPS) is 40.9. The van der Waals surface area contributed by atoms with Crippen molar-refractivity contribution in [3.8, 4) is 0 Å². The predicted molar refractivity (Wildman–Crippen MR) is 191 cm³/mol. The highest BCUT2D eigenvalue weighted by molar-refractivity contribution is 5.73. The van der Waals surface area contributed by atoms with E-state index >= 15 is 0 Å². The van der Waals surface area contributed by atoms with Gasteiger partial charge in [0.1, 0.15) is 30.5 Å². The van der Waals surface area contributed by atoms with E-state index in [1.165, 1.54) is 14.0 Å². The number of rotatable bonds is 9. The van der Waals surface area contributed by atoms with Gasteiger partial charge in [0.05, 0.1) is 35.9 Å². The first-order valence-corrected chi connectivity index (χ1v) is 18.4. The number of methoxy groups -OCH3 is 1. The zero-order chi connectivity index (χ0) is 38.3. The van der Waals surface area contributed by atoms with Crippen molar-refractivity contribution in [2.24, 2.45) is 17.8 Å². The van der Waals surface area contributed by atoms with Gasteiger partial charge < -0.3 is 43.7 Å². The Balaban J connectivity index is 1.94. The van der Waals surface area contributed by atoms with Crippen LogP contribution in [0.5, 0.6) is 0 Å². The van der Waals surface area contributed by atoms with Crippen molar-refractivity contribution in [2.75, 3.05) is 27.3 Å². The zero-order valence-electron chi connectivity index (χ0n) is 32.7. The number of likely N-dealkylation sites (N-methyl/N-ethyl adjacent to an activating group) is 1. The molecule has 2 heterocycles. The molecule has 13 atom stereocenters. The molecule has 0 bridgehead atoms. The van der Waals surface area contributed by atoms with E-state index in [-0.39, 0.29) is 37.9 Å². The Morgan fingerprint density at radius 1 is 1.02 bits per heavy atom. The summed E-state index contributed by atoms with van der Waals surface area (Å²) in [4.78, 5) is 29.3. The van der Waals surface area contributed by atoms with Crippen molar-refractivity contribution < 1.29 is 53.3 Å². The molecule has 3 rings (SSSR count). The lowest BCUT2D eigenvalue weighted by Crippen LogP contribution is -2.60. The maximum Gasteiger partial charge on any atom is 0.332 e. The highest BCUT2D eigenvalue weighted by Gasteiger charge is 2.50. The average molecular weight is 724 g/mol. The third-order valence-corrected chi connectivity index (χ3v) is 10.9. The minimum absolute atomic E-state index is 0.00311. The van der Waals surface area contributed by atoms with E-state index < -0.39 is 77.5 Å². The minimum atomic E-state index is -1.80. The number of cyclic esters (lactones) is 1. The molecule has 2 aliphatic rings. The van der Waals surface area contributed by atoms with Crippen molar-refractivity contribution >= 4 is 11.9 Å². The van der Waals surface area contributed by atoms with E-state index in [0.29, 0.717) is 19.4 Å². The molecule has 12 nitrogen and oxygen atoms in total. The molecule has 0 aliphatic carbocycles. The van der Waals surface area contributed by atoms with Crippen LogP contribution in [0.25, 0.3) is 0 Å². The van der Waals surface area contributed by atoms with Crippen LogP contribution in [-0.4, -0.2) is 119 Å². The first-order chi connectivity index (χ1) is 23.7. The van der Waals surface area contributed by atoms with Gasteiger partial charge in [-0.25, -0.2) is 4.79 Å². The summed E-state index contributed by atoms with van der Waals surface area (Å²) in [5.74, 6) is -2.45. The van der Waals surface area contributed by atoms with Crippen molar-refractivity contribution in [2.45, 2.75) is 154 Å². The Morgan fingerprint density at radius 3 is 2.27 bits per heavy atom. The Morgan fingerprint density at radius 2 is 1.67 bits per heavy atom. The van der Waals surface area contributed by atoms with Gasteiger partial charge in [0, 0.05) is 26.1 Å². The van der Waals surface area contributed by atoms with Crippen LogP contribution in [0, 0.1) is 17.8 Å². The van der Waals surface area contributed by atoms with Crippen molar-refractivity contribution in [3.05, 3.63) is 35.9 Å². The Bertz CT molecular complexity index is 1240. The number of ether oxygens (including phenoxy) is 6. The second-order valence-electron chi connectivity index (χ2n) is 15.9. The number of nitrogens with zero attached hydrogens (tertiary/aromatic N) is 1. The fourth-order valence-electron chi connectivity index (χ4n) is 8.00. The molecule has 0 saturated carbocycles. The zero-order valence-corrected chi connectivity index (χ0v) is 32.7. The Labute approximate surface area is 305 Å². The monoisotopic (exact) mass is 723 g/mol. The van der Waals surface area contributed by atoms with Crippen LogP contribution in [0.1, 0.15) is 93.6 Å². The maximum absolute atomic E-state index is 14.1. The first kappa shape index (κ1) is 43.2. The second kappa shape index (κ2) is 18.2. The Kier molecular flexibility index (Phi) is 15.5. The molecule has 0 spiro atoms. The third-order valence-electron chi connectivity index (χ3n) is 10.9. The van der Waals surface area contributed by atoms with Crippen LogP contribution in [0.15, 0.2) is 30.3 Å². The topological polar surface area (TPSA) is 153 Å². The molecule has 9 unspecified atom stereocenters. The van der Waals surface area contributed by atoms with E-state index in [1.807, 2.05) is 63.1 Å². The highest BCUT2D eigenvalue weighted by atomic mass is 16.7. The molecular formula is C39H65NO11. The van der Waals surface area contributed by atoms with Crippen molar-refractivity contribution in [1.82, 2.24) is 4.90 Å². The molecule has 51 heavy (non-hydrogen) atoms. The van der Waals surface area contributed by atoms with Gasteiger partial charge in [-0.1, -0.05) is 51.1 Å². The smallest absolute Gasteiger partial charge is 0.332 e. The number of esters is 2. The van der Waals surface area contributed by atoms with Gasteiger partial charge >= 0.3 is 11.9 Å². The molecule has 0 aromatic heterocycles. The summed E-state index contributed by atoms with van der Waals surface area (Å²) in [7, 11) is 3.41. The fourth-order valence-corrected chi connectivity index (χ4v) is 8.00. The number of hydrogen-bond donors (Lipinski definition) is 3. The number of carbonyl (C=O) groups excluding carboxylic acids is 2. The largest absolute Gasteiger partial charge is 0.459 e. The molecule has 0 radical (unpaired) electrons. The van der Waals surface area contributed by atoms with Gasteiger partial charge in [0.25, 0.3) is 0 Å². The van der Waals surface area contributed by atoms with Crippen LogP contribution in [-0.2, 0) is 44.6 Å². The summed E-state index contributed by atoms with van der Waals surface area (Å²) in [5, 5.41) is 34.7. The lowest BCUT2D eigenvalue weighted by molar-refractivity contribution is -0.296. The van der Waals surface area contributed by atoms with Gasteiger partial charge in [-0.3, -0.25) is 9.69 Å². The van der Waals surface area contributed by atoms with Crippen LogP contribution in [0.2, 0.25) is 0 Å². The lowest BCUT2D eigenvalue weighted by atomic mass is 9.80. The molecule has 0 amide bonds. The van der Waals surface area contributed by atoms with Gasteiger partial charge in [-0.05, 0) is 85.3 Å². The van der Waals surface area contributed by atoms with Crippen LogP contribution < -0.4 is 0 Å². The van der Waals surface area contributed by atoms with Gasteiger partial charge in [-0.15, -0.1) is 0 Å². The number of aliphatic hydroxyl groups excluding tert-OH is 1. The van der Waals surface area contributed by atoms with E-state index in [9.17, 15) is 24.9 Å². The number of aliphatic hydroxyl groups is 3. The van der Waals surface area contributed by atoms with Crippen LogP contribution in [0.4, 0.5) is 0 Å². The average Bonchev–Trinajstić information content (AvgIpc) is 3.05.